The lowest BCUT2D eigenvalue weighted by Gasteiger charge is -2.33. The highest BCUT2D eigenvalue weighted by molar-refractivity contribution is 9.08. The van der Waals surface area contributed by atoms with E-state index in [-0.39, 0.29) is 83.8 Å². The minimum atomic E-state index is -3.22. The molecule has 4 aromatic rings. The normalized spacial score (nSPS) is 15.1. The van der Waals surface area contributed by atoms with E-state index in [2.05, 4.69) is 30.7 Å². The number of halogens is 5. The molecule has 0 bridgehead atoms. The summed E-state index contributed by atoms with van der Waals surface area (Å²) >= 11 is 3.13. The van der Waals surface area contributed by atoms with Crippen LogP contribution in [0.3, 0.4) is 0 Å². The van der Waals surface area contributed by atoms with Gasteiger partial charge in [-0.15, -0.1) is 0 Å². The Kier molecular flexibility index (Phi) is 17.2. The molecule has 2 heterocycles. The van der Waals surface area contributed by atoms with Crippen LogP contribution < -0.4 is 10.2 Å². The van der Waals surface area contributed by atoms with Gasteiger partial charge in [0.15, 0.2) is 19.7 Å². The van der Waals surface area contributed by atoms with Crippen molar-refractivity contribution in [1.82, 2.24) is 9.80 Å². The first-order valence-corrected chi connectivity index (χ1v) is 23.0. The van der Waals surface area contributed by atoms with Gasteiger partial charge in [0, 0.05) is 37.1 Å². The van der Waals surface area contributed by atoms with E-state index in [0.717, 1.165) is 11.0 Å². The summed E-state index contributed by atoms with van der Waals surface area (Å²) in [6, 6.07) is 18.2. The number of amides is 4. The molecule has 14 nitrogen and oxygen atoms in total. The topological polar surface area (TPSA) is 177 Å². The molecule has 2 fully saturated rings. The van der Waals surface area contributed by atoms with Gasteiger partial charge in [0.2, 0.25) is 0 Å². The fraction of sp³-hybridized carbons (Fsp3) is 0.300. The number of sulfone groups is 2. The number of hydrogen-bond donors (Lipinski definition) is 1. The Bertz CT molecular complexity index is 2440. The van der Waals surface area contributed by atoms with Gasteiger partial charge in [0.1, 0.15) is 23.3 Å². The Balaban J connectivity index is 0.000000223. The SMILES string of the molecule is COC(=O)c1ccc(CBr)c(F)c1.COC(=O)c1ccc(CN(C(=O)N2CCS(=O)(=O)CC2)c2ccccc2F)c(F)c1.O=C(Nc1ccccc1F)N1CCS(=O)(=O)CC1. The van der Waals surface area contributed by atoms with E-state index in [9.17, 15) is 53.6 Å². The average molecular weight is 958 g/mol. The zero-order chi connectivity index (χ0) is 44.9. The molecule has 0 atom stereocenters. The Labute approximate surface area is 358 Å². The van der Waals surface area contributed by atoms with Crippen LogP contribution in [-0.2, 0) is 41.0 Å². The number of carbonyl (C=O) groups is 4. The van der Waals surface area contributed by atoms with Gasteiger partial charge in [-0.05, 0) is 54.1 Å². The van der Waals surface area contributed by atoms with E-state index in [1.54, 1.807) is 12.1 Å². The highest BCUT2D eigenvalue weighted by Gasteiger charge is 2.31. The maximum Gasteiger partial charge on any atom is 0.337 e. The van der Waals surface area contributed by atoms with E-state index < -0.39 is 66.9 Å². The summed E-state index contributed by atoms with van der Waals surface area (Å²) in [6.07, 6.45) is 0. The number of benzene rings is 4. The highest BCUT2D eigenvalue weighted by Crippen LogP contribution is 2.25. The molecule has 21 heteroatoms. The second-order valence-corrected chi connectivity index (χ2v) is 18.4. The monoisotopic (exact) mass is 956 g/mol. The summed E-state index contributed by atoms with van der Waals surface area (Å²) in [5.41, 5.74) is 0.841. The van der Waals surface area contributed by atoms with Crippen molar-refractivity contribution in [3.05, 3.63) is 130 Å². The number of nitrogens with one attached hydrogen (secondary N) is 1. The Morgan fingerprint density at radius 1 is 0.639 bits per heavy atom. The van der Waals surface area contributed by atoms with Crippen molar-refractivity contribution >= 4 is 71.0 Å². The molecule has 0 aliphatic carbocycles. The van der Waals surface area contributed by atoms with Crippen molar-refractivity contribution in [2.75, 3.05) is 73.6 Å². The van der Waals surface area contributed by atoms with E-state index in [1.165, 1.54) is 90.7 Å². The number of alkyl halides is 1. The number of rotatable bonds is 7. The van der Waals surface area contributed by atoms with Crippen LogP contribution >= 0.6 is 15.9 Å². The summed E-state index contributed by atoms with van der Waals surface area (Å²) < 4.78 is 110. The van der Waals surface area contributed by atoms with Crippen LogP contribution in [0.5, 0.6) is 0 Å². The predicted molar refractivity (Wildman–Crippen MR) is 222 cm³/mol. The summed E-state index contributed by atoms with van der Waals surface area (Å²) in [6.45, 7) is -0.0900. The largest absolute Gasteiger partial charge is 0.465 e. The number of urea groups is 2. The first-order valence-electron chi connectivity index (χ1n) is 18.2. The van der Waals surface area contributed by atoms with Gasteiger partial charge in [0.25, 0.3) is 0 Å². The third kappa shape index (κ3) is 13.7. The minimum absolute atomic E-state index is 0.00348. The van der Waals surface area contributed by atoms with Gasteiger partial charge >= 0.3 is 24.0 Å². The molecule has 2 aliphatic heterocycles. The Hall–Kier alpha value is -5.54. The van der Waals surface area contributed by atoms with E-state index >= 15 is 0 Å². The molecular formula is C40H41BrF4N4O10S2. The molecule has 1 N–H and O–H groups in total. The van der Waals surface area contributed by atoms with E-state index in [4.69, 9.17) is 0 Å². The van der Waals surface area contributed by atoms with E-state index in [1.807, 2.05) is 0 Å². The molecule has 0 saturated carbocycles. The zero-order valence-corrected chi connectivity index (χ0v) is 36.0. The number of para-hydroxylation sites is 2. The number of methoxy groups -OCH3 is 2. The quantitative estimate of drug-likeness (QED) is 0.128. The molecule has 6 rings (SSSR count). The van der Waals surface area contributed by atoms with Gasteiger partial charge in [-0.25, -0.2) is 53.6 Å². The van der Waals surface area contributed by atoms with Gasteiger partial charge in [-0.1, -0.05) is 52.3 Å². The van der Waals surface area contributed by atoms with Gasteiger partial charge in [-0.2, -0.15) is 0 Å². The first-order chi connectivity index (χ1) is 28.9. The summed E-state index contributed by atoms with van der Waals surface area (Å²) in [5, 5.41) is 2.86. The van der Waals surface area contributed by atoms with E-state index in [0.29, 0.717) is 10.9 Å². The second-order valence-electron chi connectivity index (χ2n) is 13.2. The van der Waals surface area contributed by atoms with Crippen molar-refractivity contribution < 1.29 is 63.0 Å². The van der Waals surface area contributed by atoms with Crippen LogP contribution in [0.1, 0.15) is 31.8 Å². The number of nitrogens with zero attached hydrogens (tertiary/aromatic N) is 3. The summed E-state index contributed by atoms with van der Waals surface area (Å²) in [5.74, 6) is -4.06. The zero-order valence-electron chi connectivity index (χ0n) is 32.8. The summed E-state index contributed by atoms with van der Waals surface area (Å²) in [4.78, 5) is 51.1. The van der Waals surface area contributed by atoms with Gasteiger partial charge < -0.3 is 24.6 Å². The van der Waals surface area contributed by atoms with Gasteiger partial charge in [-0.3, -0.25) is 4.90 Å². The van der Waals surface area contributed by atoms with Crippen LogP contribution in [0.2, 0.25) is 0 Å². The molecule has 2 aliphatic rings. The molecule has 4 aromatic carbocycles. The molecule has 328 valence electrons. The Morgan fingerprint density at radius 3 is 1.56 bits per heavy atom. The smallest absolute Gasteiger partial charge is 0.337 e. The Morgan fingerprint density at radius 2 is 1.10 bits per heavy atom. The maximum absolute atomic E-state index is 14.6. The molecule has 0 radical (unpaired) electrons. The minimum Gasteiger partial charge on any atom is -0.465 e. The molecule has 2 saturated heterocycles. The third-order valence-electron chi connectivity index (χ3n) is 9.16. The van der Waals surface area contributed by atoms with Crippen molar-refractivity contribution in [2.45, 2.75) is 11.9 Å². The number of esters is 2. The molecule has 0 spiro atoms. The molecule has 61 heavy (non-hydrogen) atoms. The van der Waals surface area contributed by atoms with Crippen molar-refractivity contribution in [3.63, 3.8) is 0 Å². The lowest BCUT2D eigenvalue weighted by molar-refractivity contribution is 0.0591. The number of anilines is 2. The van der Waals surface area contributed by atoms with Crippen LogP contribution in [0.4, 0.5) is 38.5 Å². The van der Waals surface area contributed by atoms with Crippen LogP contribution in [0, 0.1) is 23.3 Å². The van der Waals surface area contributed by atoms with Crippen LogP contribution in [0.15, 0.2) is 84.9 Å². The van der Waals surface area contributed by atoms with Crippen LogP contribution in [-0.4, -0.2) is 114 Å². The number of hydrogen-bond acceptors (Lipinski definition) is 10. The molecule has 4 amide bonds. The van der Waals surface area contributed by atoms with Gasteiger partial charge in [0.05, 0.1) is 66.3 Å². The molecule has 0 aromatic heterocycles. The lowest BCUT2D eigenvalue weighted by atomic mass is 10.1. The summed E-state index contributed by atoms with van der Waals surface area (Å²) in [7, 11) is -3.81. The lowest BCUT2D eigenvalue weighted by Crippen LogP contribution is -2.50. The first kappa shape index (κ1) is 48.1. The molecule has 0 unspecified atom stereocenters. The third-order valence-corrected chi connectivity index (χ3v) is 13.0. The average Bonchev–Trinajstić information content (AvgIpc) is 3.24. The van der Waals surface area contributed by atoms with Crippen molar-refractivity contribution in [3.8, 4) is 0 Å². The highest BCUT2D eigenvalue weighted by atomic mass is 79.9. The molecular weight excluding hydrogens is 916 g/mol. The fourth-order valence-corrected chi connectivity index (χ4v) is 8.52. The number of carbonyl (C=O) groups excluding carboxylic acids is 4. The van der Waals surface area contributed by atoms with Crippen molar-refractivity contribution in [1.29, 1.82) is 0 Å². The predicted octanol–water partition coefficient (Wildman–Crippen LogP) is 6.20. The second kappa shape index (κ2) is 21.8. The standard InChI is InChI=1S/C20H20F2N2O5S.C11H13FN2O3S.C9H8BrFO2/c1-29-19(25)14-6-7-15(17(22)12-14)13-24(18-5-3-2-4-16(18)21)20(26)23-8-10-30(27,28)11-9-23;12-9-3-1-2-4-10(9)13-11(15)14-5-7-18(16,17)8-6-14;1-13-9(12)6-2-3-7(5-10)8(11)4-6/h2-7,12H,8-11,13H2,1H3;1-4H,5-8H2,(H,13,15);2-4H,5H2,1H3. The number of ether oxygens (including phenoxy) is 2. The maximum atomic E-state index is 14.6. The van der Waals surface area contributed by atoms with Crippen LogP contribution in [0.25, 0.3) is 0 Å². The van der Waals surface area contributed by atoms with Crippen molar-refractivity contribution in [2.24, 2.45) is 0 Å². The fourth-order valence-electron chi connectivity index (χ4n) is 5.66.